The summed E-state index contributed by atoms with van der Waals surface area (Å²) in [6.07, 6.45) is 1.59. The van der Waals surface area contributed by atoms with Crippen molar-refractivity contribution in [3.8, 4) is 5.75 Å². The number of rotatable bonds is 8. The maximum atomic E-state index is 13.1. The van der Waals surface area contributed by atoms with Gasteiger partial charge >= 0.3 is 0 Å². The highest BCUT2D eigenvalue weighted by molar-refractivity contribution is 5.85. The number of likely N-dealkylation sites (N-methyl/N-ethyl adjacent to an activating group) is 1. The highest BCUT2D eigenvalue weighted by atomic mass is 16.3. The number of aromatic hydroxyl groups is 1. The summed E-state index contributed by atoms with van der Waals surface area (Å²) < 4.78 is 0. The summed E-state index contributed by atoms with van der Waals surface area (Å²) in [5.74, 6) is 0.233. The van der Waals surface area contributed by atoms with E-state index in [1.165, 1.54) is 4.90 Å². The third kappa shape index (κ3) is 6.35. The van der Waals surface area contributed by atoms with E-state index in [-0.39, 0.29) is 29.7 Å². The Labute approximate surface area is 197 Å². The first kappa shape index (κ1) is 24.8. The first-order chi connectivity index (χ1) is 15.7. The van der Waals surface area contributed by atoms with E-state index in [0.717, 1.165) is 30.6 Å². The molecular weight excluding hydrogens is 414 g/mol. The molecule has 1 heterocycles. The van der Waals surface area contributed by atoms with Gasteiger partial charge in [-0.3, -0.25) is 9.59 Å². The standard InChI is InChI=1S/C27H37N3O3/c1-20-18-30(14-13-27(20,2)23-11-8-12-24(31)16-23)19-22(15-21-9-6-5-7-10-21)26(33)28-17-25(32)29(3)4/h5-12,16,20,22,31H,13-15,17-19H2,1-4H3,(H,28,33). The molecule has 1 aliphatic rings. The van der Waals surface area contributed by atoms with Crippen LogP contribution in [0.15, 0.2) is 54.6 Å². The molecule has 6 nitrogen and oxygen atoms in total. The number of carbonyl (C=O) groups excluding carboxylic acids is 2. The van der Waals surface area contributed by atoms with Crippen molar-refractivity contribution in [2.24, 2.45) is 11.8 Å². The second-order valence-corrected chi connectivity index (χ2v) is 9.77. The number of phenols is 1. The molecule has 0 saturated carbocycles. The molecule has 3 rings (SSSR count). The minimum atomic E-state index is -0.236. The number of nitrogens with zero attached hydrogens (tertiary/aromatic N) is 2. The van der Waals surface area contributed by atoms with E-state index < -0.39 is 0 Å². The topological polar surface area (TPSA) is 72.9 Å². The Morgan fingerprint density at radius 2 is 1.91 bits per heavy atom. The molecule has 2 aromatic rings. The highest BCUT2D eigenvalue weighted by Gasteiger charge is 2.39. The van der Waals surface area contributed by atoms with Gasteiger partial charge in [-0.05, 0) is 54.0 Å². The van der Waals surface area contributed by atoms with Gasteiger partial charge in [-0.25, -0.2) is 0 Å². The molecule has 33 heavy (non-hydrogen) atoms. The quantitative estimate of drug-likeness (QED) is 0.647. The molecule has 178 valence electrons. The molecule has 0 bridgehead atoms. The average molecular weight is 452 g/mol. The van der Waals surface area contributed by atoms with Crippen LogP contribution in [-0.4, -0.2) is 67.0 Å². The fourth-order valence-electron chi connectivity index (χ4n) is 4.69. The highest BCUT2D eigenvalue weighted by Crippen LogP contribution is 2.40. The number of phenolic OH excluding ortho intramolecular Hbond substituents is 1. The van der Waals surface area contributed by atoms with Crippen molar-refractivity contribution >= 4 is 11.8 Å². The van der Waals surface area contributed by atoms with Gasteiger partial charge in [-0.1, -0.05) is 56.3 Å². The van der Waals surface area contributed by atoms with E-state index in [4.69, 9.17) is 0 Å². The number of hydrogen-bond donors (Lipinski definition) is 2. The lowest BCUT2D eigenvalue weighted by Crippen LogP contribution is -2.50. The monoisotopic (exact) mass is 451 g/mol. The SMILES string of the molecule is CC1CN(CC(Cc2ccccc2)C(=O)NCC(=O)N(C)C)CCC1(C)c1cccc(O)c1. The van der Waals surface area contributed by atoms with Crippen molar-refractivity contribution in [3.05, 3.63) is 65.7 Å². The first-order valence-electron chi connectivity index (χ1n) is 11.7. The van der Waals surface area contributed by atoms with E-state index in [0.29, 0.717) is 24.6 Å². The Morgan fingerprint density at radius 1 is 1.18 bits per heavy atom. The predicted molar refractivity (Wildman–Crippen MR) is 131 cm³/mol. The minimum absolute atomic E-state index is 0.0170. The number of likely N-dealkylation sites (tertiary alicyclic amines) is 1. The minimum Gasteiger partial charge on any atom is -0.508 e. The van der Waals surface area contributed by atoms with Gasteiger partial charge in [0.15, 0.2) is 0 Å². The molecule has 0 aliphatic carbocycles. The molecule has 1 fully saturated rings. The average Bonchev–Trinajstić information content (AvgIpc) is 2.79. The summed E-state index contributed by atoms with van der Waals surface area (Å²) >= 11 is 0. The molecule has 0 radical (unpaired) electrons. The van der Waals surface area contributed by atoms with Crippen LogP contribution in [0.2, 0.25) is 0 Å². The lowest BCUT2D eigenvalue weighted by Gasteiger charge is -2.45. The molecule has 6 heteroatoms. The van der Waals surface area contributed by atoms with Crippen LogP contribution in [0.5, 0.6) is 5.75 Å². The molecule has 2 amide bonds. The third-order valence-corrected chi connectivity index (χ3v) is 7.16. The van der Waals surface area contributed by atoms with Gasteiger partial charge in [0, 0.05) is 27.2 Å². The summed E-state index contributed by atoms with van der Waals surface area (Å²) in [4.78, 5) is 28.9. The Balaban J connectivity index is 1.69. The van der Waals surface area contributed by atoms with Gasteiger partial charge in [0.25, 0.3) is 0 Å². The second-order valence-electron chi connectivity index (χ2n) is 9.77. The summed E-state index contributed by atoms with van der Waals surface area (Å²) in [6, 6.07) is 17.6. The molecule has 2 aromatic carbocycles. The Bertz CT molecular complexity index is 947. The number of nitrogens with one attached hydrogen (secondary N) is 1. The Kier molecular flexibility index (Phi) is 8.14. The maximum Gasteiger partial charge on any atom is 0.241 e. The smallest absolute Gasteiger partial charge is 0.241 e. The molecule has 3 atom stereocenters. The van der Waals surface area contributed by atoms with Crippen molar-refractivity contribution < 1.29 is 14.7 Å². The molecule has 0 aromatic heterocycles. The van der Waals surface area contributed by atoms with Crippen molar-refractivity contribution in [1.29, 1.82) is 0 Å². The number of hydrogen-bond acceptors (Lipinski definition) is 4. The van der Waals surface area contributed by atoms with Crippen LogP contribution in [0.4, 0.5) is 0 Å². The van der Waals surface area contributed by atoms with Crippen LogP contribution in [-0.2, 0) is 21.4 Å². The van der Waals surface area contributed by atoms with Crippen LogP contribution >= 0.6 is 0 Å². The van der Waals surface area contributed by atoms with Gasteiger partial charge < -0.3 is 20.2 Å². The normalized spacial score (nSPS) is 21.9. The molecule has 2 N–H and O–H groups in total. The number of amides is 2. The molecule has 3 unspecified atom stereocenters. The largest absolute Gasteiger partial charge is 0.508 e. The van der Waals surface area contributed by atoms with Gasteiger partial charge in [0.1, 0.15) is 5.75 Å². The number of benzene rings is 2. The van der Waals surface area contributed by atoms with Crippen LogP contribution in [0, 0.1) is 11.8 Å². The summed E-state index contributed by atoms with van der Waals surface area (Å²) in [7, 11) is 3.38. The predicted octanol–water partition coefficient (Wildman–Crippen LogP) is 3.06. The van der Waals surface area contributed by atoms with E-state index in [1.54, 1.807) is 20.2 Å². The molecular formula is C27H37N3O3. The zero-order valence-electron chi connectivity index (χ0n) is 20.3. The van der Waals surface area contributed by atoms with Crippen LogP contribution < -0.4 is 5.32 Å². The van der Waals surface area contributed by atoms with Crippen LogP contribution in [0.1, 0.15) is 31.4 Å². The molecule has 0 spiro atoms. The van der Waals surface area contributed by atoms with Crippen LogP contribution in [0.3, 0.4) is 0 Å². The third-order valence-electron chi connectivity index (χ3n) is 7.16. The van der Waals surface area contributed by atoms with Gasteiger partial charge in [-0.2, -0.15) is 0 Å². The van der Waals surface area contributed by atoms with Gasteiger partial charge in [0.2, 0.25) is 11.8 Å². The molecule has 1 saturated heterocycles. The van der Waals surface area contributed by atoms with Crippen molar-refractivity contribution in [3.63, 3.8) is 0 Å². The van der Waals surface area contributed by atoms with E-state index in [1.807, 2.05) is 42.5 Å². The number of piperidine rings is 1. The fourth-order valence-corrected chi connectivity index (χ4v) is 4.69. The Morgan fingerprint density at radius 3 is 2.55 bits per heavy atom. The molecule has 1 aliphatic heterocycles. The second kappa shape index (κ2) is 10.8. The van der Waals surface area contributed by atoms with E-state index in [9.17, 15) is 14.7 Å². The summed E-state index contributed by atoms with van der Waals surface area (Å²) in [5.41, 5.74) is 2.26. The Hall–Kier alpha value is -2.86. The lowest BCUT2D eigenvalue weighted by atomic mass is 9.68. The maximum absolute atomic E-state index is 13.1. The first-order valence-corrected chi connectivity index (χ1v) is 11.7. The van der Waals surface area contributed by atoms with Crippen LogP contribution in [0.25, 0.3) is 0 Å². The van der Waals surface area contributed by atoms with Gasteiger partial charge in [0.05, 0.1) is 12.5 Å². The summed E-state index contributed by atoms with van der Waals surface area (Å²) in [5, 5.41) is 12.8. The zero-order chi connectivity index (χ0) is 24.0. The summed E-state index contributed by atoms with van der Waals surface area (Å²) in [6.45, 7) is 6.94. The lowest BCUT2D eigenvalue weighted by molar-refractivity contribution is -0.132. The zero-order valence-corrected chi connectivity index (χ0v) is 20.3. The van der Waals surface area contributed by atoms with E-state index in [2.05, 4.69) is 30.1 Å². The fraction of sp³-hybridized carbons (Fsp3) is 0.481. The number of carbonyl (C=O) groups is 2. The van der Waals surface area contributed by atoms with Crippen molar-refractivity contribution in [2.75, 3.05) is 40.3 Å². The van der Waals surface area contributed by atoms with Crippen molar-refractivity contribution in [1.82, 2.24) is 15.1 Å². The van der Waals surface area contributed by atoms with Gasteiger partial charge in [-0.15, -0.1) is 0 Å². The van der Waals surface area contributed by atoms with Crippen molar-refractivity contribution in [2.45, 2.75) is 32.1 Å². The van der Waals surface area contributed by atoms with E-state index >= 15 is 0 Å².